The van der Waals surface area contributed by atoms with Crippen molar-refractivity contribution in [1.82, 2.24) is 0 Å². The monoisotopic (exact) mass is 293 g/mol. The second-order valence-corrected chi connectivity index (χ2v) is 5.06. The molecule has 0 bridgehead atoms. The van der Waals surface area contributed by atoms with Crippen molar-refractivity contribution in [2.75, 3.05) is 18.1 Å². The standard InChI is InChI=1S/C15H19NO5/c17-12-5-3-11(4-6-12)16(10-15(19)20)14(18)8-7-13-2-1-9-21-13/h3-6,13,17H,1-2,7-10H2,(H,19,20). The number of phenols is 1. The molecule has 0 aliphatic carbocycles. The van der Waals surface area contributed by atoms with E-state index in [0.717, 1.165) is 19.4 Å². The lowest BCUT2D eigenvalue weighted by molar-refractivity contribution is -0.136. The fourth-order valence-electron chi connectivity index (χ4n) is 2.38. The van der Waals surface area contributed by atoms with Gasteiger partial charge in [-0.2, -0.15) is 0 Å². The summed E-state index contributed by atoms with van der Waals surface area (Å²) < 4.78 is 5.47. The number of amides is 1. The van der Waals surface area contributed by atoms with E-state index in [9.17, 15) is 14.7 Å². The van der Waals surface area contributed by atoms with Gasteiger partial charge in [0.25, 0.3) is 0 Å². The number of anilines is 1. The Morgan fingerprint density at radius 3 is 2.57 bits per heavy atom. The Labute approximate surface area is 122 Å². The number of carbonyl (C=O) groups is 2. The quantitative estimate of drug-likeness (QED) is 0.834. The summed E-state index contributed by atoms with van der Waals surface area (Å²) in [6.45, 7) is 0.338. The SMILES string of the molecule is O=C(O)CN(C(=O)CCC1CCCO1)c1ccc(O)cc1. The van der Waals surface area contributed by atoms with Gasteiger partial charge in [-0.15, -0.1) is 0 Å². The topological polar surface area (TPSA) is 87.1 Å². The highest BCUT2D eigenvalue weighted by Gasteiger charge is 2.22. The van der Waals surface area contributed by atoms with Gasteiger partial charge in [0.1, 0.15) is 12.3 Å². The average molecular weight is 293 g/mol. The summed E-state index contributed by atoms with van der Waals surface area (Å²) >= 11 is 0. The predicted molar refractivity (Wildman–Crippen MR) is 76.3 cm³/mol. The molecule has 1 aliphatic rings. The van der Waals surface area contributed by atoms with Crippen molar-refractivity contribution in [2.45, 2.75) is 31.8 Å². The van der Waals surface area contributed by atoms with E-state index in [1.54, 1.807) is 0 Å². The molecule has 1 saturated heterocycles. The van der Waals surface area contributed by atoms with E-state index in [2.05, 4.69) is 0 Å². The van der Waals surface area contributed by atoms with Crippen molar-refractivity contribution in [1.29, 1.82) is 0 Å². The highest BCUT2D eigenvalue weighted by Crippen LogP contribution is 2.21. The zero-order chi connectivity index (χ0) is 15.2. The van der Waals surface area contributed by atoms with Crippen LogP contribution in [0.1, 0.15) is 25.7 Å². The first-order chi connectivity index (χ1) is 10.1. The number of aliphatic carboxylic acids is 1. The highest BCUT2D eigenvalue weighted by atomic mass is 16.5. The van der Waals surface area contributed by atoms with Gasteiger partial charge in [0, 0.05) is 18.7 Å². The molecule has 0 spiro atoms. The lowest BCUT2D eigenvalue weighted by Crippen LogP contribution is -2.36. The number of carboxylic acid groups (broad SMARTS) is 1. The number of hydrogen-bond donors (Lipinski definition) is 2. The minimum atomic E-state index is -1.08. The number of ether oxygens (including phenoxy) is 1. The zero-order valence-corrected chi connectivity index (χ0v) is 11.7. The Kier molecular flexibility index (Phi) is 5.16. The van der Waals surface area contributed by atoms with Crippen molar-refractivity contribution in [3.63, 3.8) is 0 Å². The number of hydrogen-bond acceptors (Lipinski definition) is 4. The number of rotatable bonds is 6. The smallest absolute Gasteiger partial charge is 0.323 e. The second kappa shape index (κ2) is 7.08. The fraction of sp³-hybridized carbons (Fsp3) is 0.467. The van der Waals surface area contributed by atoms with E-state index in [4.69, 9.17) is 9.84 Å². The van der Waals surface area contributed by atoms with Crippen LogP contribution < -0.4 is 4.90 Å². The van der Waals surface area contributed by atoms with Crippen LogP contribution in [0, 0.1) is 0 Å². The van der Waals surface area contributed by atoms with Crippen LogP contribution in [0.5, 0.6) is 5.75 Å². The minimum Gasteiger partial charge on any atom is -0.508 e. The number of aromatic hydroxyl groups is 1. The zero-order valence-electron chi connectivity index (χ0n) is 11.7. The van der Waals surface area contributed by atoms with E-state index in [-0.39, 0.29) is 24.2 Å². The number of nitrogens with zero attached hydrogens (tertiary/aromatic N) is 1. The third-order valence-corrected chi connectivity index (χ3v) is 3.46. The first-order valence-electron chi connectivity index (χ1n) is 6.99. The van der Waals surface area contributed by atoms with Crippen molar-refractivity contribution in [2.24, 2.45) is 0 Å². The molecule has 6 heteroatoms. The molecular weight excluding hydrogens is 274 g/mol. The van der Waals surface area contributed by atoms with E-state index < -0.39 is 12.5 Å². The van der Waals surface area contributed by atoms with Gasteiger partial charge in [0.15, 0.2) is 0 Å². The summed E-state index contributed by atoms with van der Waals surface area (Å²) in [4.78, 5) is 24.4. The van der Waals surface area contributed by atoms with Crippen LogP contribution in [0.15, 0.2) is 24.3 Å². The molecule has 1 heterocycles. The van der Waals surface area contributed by atoms with E-state index in [1.165, 1.54) is 29.2 Å². The largest absolute Gasteiger partial charge is 0.508 e. The Morgan fingerprint density at radius 1 is 1.29 bits per heavy atom. The van der Waals surface area contributed by atoms with E-state index in [1.807, 2.05) is 0 Å². The molecule has 0 aromatic heterocycles. The van der Waals surface area contributed by atoms with Gasteiger partial charge in [-0.3, -0.25) is 9.59 Å². The molecule has 6 nitrogen and oxygen atoms in total. The molecule has 1 atom stereocenters. The summed E-state index contributed by atoms with van der Waals surface area (Å²) in [5.41, 5.74) is 0.465. The van der Waals surface area contributed by atoms with Crippen LogP contribution in [0.25, 0.3) is 0 Å². The molecule has 1 aliphatic heterocycles. The van der Waals surface area contributed by atoms with Crippen molar-refractivity contribution < 1.29 is 24.5 Å². The number of phenolic OH excluding ortho intramolecular Hbond substituents is 1. The average Bonchev–Trinajstić information content (AvgIpc) is 2.96. The molecule has 114 valence electrons. The Balaban J connectivity index is 2.01. The van der Waals surface area contributed by atoms with Crippen LogP contribution in [0.4, 0.5) is 5.69 Å². The van der Waals surface area contributed by atoms with Crippen LogP contribution in [-0.2, 0) is 14.3 Å². The molecule has 0 radical (unpaired) electrons. The molecular formula is C15H19NO5. The van der Waals surface area contributed by atoms with Crippen molar-refractivity contribution >= 4 is 17.6 Å². The maximum Gasteiger partial charge on any atom is 0.323 e. The van der Waals surface area contributed by atoms with Crippen LogP contribution in [0.2, 0.25) is 0 Å². The first kappa shape index (κ1) is 15.3. The lowest BCUT2D eigenvalue weighted by atomic mass is 10.1. The summed E-state index contributed by atoms with van der Waals surface area (Å²) in [5.74, 6) is -1.26. The summed E-state index contributed by atoms with van der Waals surface area (Å²) in [7, 11) is 0. The van der Waals surface area contributed by atoms with Gasteiger partial charge in [-0.25, -0.2) is 0 Å². The van der Waals surface area contributed by atoms with Gasteiger partial charge in [0.2, 0.25) is 5.91 Å². The Hall–Kier alpha value is -2.08. The minimum absolute atomic E-state index is 0.0702. The Morgan fingerprint density at radius 2 is 2.00 bits per heavy atom. The molecule has 1 aromatic carbocycles. The third-order valence-electron chi connectivity index (χ3n) is 3.46. The fourth-order valence-corrected chi connectivity index (χ4v) is 2.38. The normalized spacial score (nSPS) is 17.6. The number of carboxylic acids is 1. The maximum absolute atomic E-state index is 12.3. The molecule has 2 rings (SSSR count). The molecule has 1 amide bonds. The van der Waals surface area contributed by atoms with Gasteiger partial charge < -0.3 is 19.8 Å². The summed E-state index contributed by atoms with van der Waals surface area (Å²) in [6.07, 6.45) is 2.91. The molecule has 1 aromatic rings. The van der Waals surface area contributed by atoms with Gasteiger partial charge in [-0.1, -0.05) is 0 Å². The molecule has 0 saturated carbocycles. The number of benzene rings is 1. The van der Waals surface area contributed by atoms with Gasteiger partial charge >= 0.3 is 5.97 Å². The summed E-state index contributed by atoms with van der Waals surface area (Å²) in [6, 6.07) is 5.92. The van der Waals surface area contributed by atoms with Gasteiger partial charge in [0.05, 0.1) is 6.10 Å². The third kappa shape index (κ3) is 4.46. The molecule has 1 fully saturated rings. The van der Waals surface area contributed by atoms with Crippen molar-refractivity contribution in [3.8, 4) is 5.75 Å². The van der Waals surface area contributed by atoms with E-state index in [0.29, 0.717) is 12.1 Å². The van der Waals surface area contributed by atoms with Gasteiger partial charge in [-0.05, 0) is 43.5 Å². The Bertz CT molecular complexity index is 493. The lowest BCUT2D eigenvalue weighted by Gasteiger charge is -2.21. The highest BCUT2D eigenvalue weighted by molar-refractivity contribution is 5.97. The van der Waals surface area contributed by atoms with Crippen molar-refractivity contribution in [3.05, 3.63) is 24.3 Å². The first-order valence-corrected chi connectivity index (χ1v) is 6.99. The van der Waals surface area contributed by atoms with Crippen LogP contribution >= 0.6 is 0 Å². The molecule has 1 unspecified atom stereocenters. The second-order valence-electron chi connectivity index (χ2n) is 5.06. The maximum atomic E-state index is 12.3. The predicted octanol–water partition coefficient (Wildman–Crippen LogP) is 1.77. The number of carbonyl (C=O) groups excluding carboxylic acids is 1. The molecule has 2 N–H and O–H groups in total. The van der Waals surface area contributed by atoms with Crippen LogP contribution in [0.3, 0.4) is 0 Å². The van der Waals surface area contributed by atoms with Crippen LogP contribution in [-0.4, -0.2) is 41.3 Å². The van der Waals surface area contributed by atoms with E-state index >= 15 is 0 Å². The molecule has 21 heavy (non-hydrogen) atoms. The summed E-state index contributed by atoms with van der Waals surface area (Å²) in [5, 5.41) is 18.2.